The van der Waals surface area contributed by atoms with Crippen molar-refractivity contribution in [2.24, 2.45) is 0 Å². The van der Waals surface area contributed by atoms with Crippen molar-refractivity contribution >= 4 is 17.4 Å². The standard InChI is InChI=1S/C18H23N5O3/c1-22-6-8-23(9-7-22)17-11-15(19-12-20-17)18(24)21-14-5-4-13(25-2)10-16(14)26-3/h4-5,10-12H,6-9H2,1-3H3,(H,21,24). The summed E-state index contributed by atoms with van der Waals surface area (Å²) in [6.07, 6.45) is 1.42. The van der Waals surface area contributed by atoms with Crippen LogP contribution in [0.4, 0.5) is 11.5 Å². The van der Waals surface area contributed by atoms with Crippen molar-refractivity contribution in [1.29, 1.82) is 0 Å². The molecular weight excluding hydrogens is 334 g/mol. The van der Waals surface area contributed by atoms with E-state index in [-0.39, 0.29) is 5.91 Å². The highest BCUT2D eigenvalue weighted by Gasteiger charge is 2.18. The van der Waals surface area contributed by atoms with Crippen molar-refractivity contribution in [1.82, 2.24) is 14.9 Å². The zero-order valence-electron chi connectivity index (χ0n) is 15.2. The van der Waals surface area contributed by atoms with Crippen LogP contribution >= 0.6 is 0 Å². The van der Waals surface area contributed by atoms with Gasteiger partial charge in [-0.15, -0.1) is 0 Å². The molecule has 0 atom stereocenters. The number of amides is 1. The van der Waals surface area contributed by atoms with Crippen LogP contribution in [0.25, 0.3) is 0 Å². The van der Waals surface area contributed by atoms with E-state index in [1.54, 1.807) is 38.5 Å². The molecule has 0 unspecified atom stereocenters. The first-order valence-corrected chi connectivity index (χ1v) is 8.39. The lowest BCUT2D eigenvalue weighted by atomic mass is 10.2. The van der Waals surface area contributed by atoms with Crippen LogP contribution in [-0.4, -0.2) is 68.2 Å². The summed E-state index contributed by atoms with van der Waals surface area (Å²) >= 11 is 0. The molecule has 0 saturated carbocycles. The summed E-state index contributed by atoms with van der Waals surface area (Å²) in [6, 6.07) is 6.92. The van der Waals surface area contributed by atoms with Gasteiger partial charge in [0.15, 0.2) is 0 Å². The fourth-order valence-corrected chi connectivity index (χ4v) is 2.77. The number of likely N-dealkylation sites (N-methyl/N-ethyl adjacent to an activating group) is 1. The summed E-state index contributed by atoms with van der Waals surface area (Å²) in [7, 11) is 5.22. The van der Waals surface area contributed by atoms with Gasteiger partial charge in [-0.3, -0.25) is 4.79 Å². The summed E-state index contributed by atoms with van der Waals surface area (Å²) in [4.78, 5) is 25.5. The average molecular weight is 357 g/mol. The summed E-state index contributed by atoms with van der Waals surface area (Å²) in [5.41, 5.74) is 0.866. The molecule has 8 nitrogen and oxygen atoms in total. The topological polar surface area (TPSA) is 79.8 Å². The van der Waals surface area contributed by atoms with Crippen LogP contribution in [0.3, 0.4) is 0 Å². The van der Waals surface area contributed by atoms with Gasteiger partial charge in [-0.25, -0.2) is 9.97 Å². The molecule has 1 N–H and O–H groups in total. The fraction of sp³-hybridized carbons (Fsp3) is 0.389. The lowest BCUT2D eigenvalue weighted by molar-refractivity contribution is 0.102. The van der Waals surface area contributed by atoms with E-state index >= 15 is 0 Å². The predicted molar refractivity (Wildman–Crippen MR) is 99.2 cm³/mol. The lowest BCUT2D eigenvalue weighted by Gasteiger charge is -2.33. The first-order valence-electron chi connectivity index (χ1n) is 8.39. The molecule has 1 aromatic heterocycles. The maximum Gasteiger partial charge on any atom is 0.274 e. The van der Waals surface area contributed by atoms with Gasteiger partial charge < -0.3 is 24.6 Å². The van der Waals surface area contributed by atoms with Crippen molar-refractivity contribution in [3.05, 3.63) is 36.3 Å². The Labute approximate surface area is 152 Å². The summed E-state index contributed by atoms with van der Waals surface area (Å²) in [6.45, 7) is 3.69. The quantitative estimate of drug-likeness (QED) is 0.868. The van der Waals surface area contributed by atoms with Gasteiger partial charge >= 0.3 is 0 Å². The van der Waals surface area contributed by atoms with E-state index in [9.17, 15) is 4.79 Å². The Morgan fingerprint density at radius 2 is 1.85 bits per heavy atom. The van der Waals surface area contributed by atoms with Crippen LogP contribution < -0.4 is 19.7 Å². The molecule has 3 rings (SSSR count). The molecule has 8 heteroatoms. The highest BCUT2D eigenvalue weighted by Crippen LogP contribution is 2.29. The van der Waals surface area contributed by atoms with Crippen LogP contribution in [-0.2, 0) is 0 Å². The minimum atomic E-state index is -0.314. The number of carbonyl (C=O) groups is 1. The SMILES string of the molecule is COc1ccc(NC(=O)c2cc(N3CCN(C)CC3)ncn2)c(OC)c1. The van der Waals surface area contributed by atoms with E-state index in [0.717, 1.165) is 32.0 Å². The Morgan fingerprint density at radius 1 is 1.08 bits per heavy atom. The third kappa shape index (κ3) is 4.02. The second kappa shape index (κ2) is 8.01. The van der Waals surface area contributed by atoms with Crippen molar-refractivity contribution in [2.75, 3.05) is 57.7 Å². The molecule has 26 heavy (non-hydrogen) atoms. The van der Waals surface area contributed by atoms with Gasteiger partial charge in [-0.05, 0) is 19.2 Å². The molecule has 2 heterocycles. The second-order valence-electron chi connectivity index (χ2n) is 6.07. The minimum Gasteiger partial charge on any atom is -0.497 e. The van der Waals surface area contributed by atoms with Crippen LogP contribution in [0.5, 0.6) is 11.5 Å². The predicted octanol–water partition coefficient (Wildman–Crippen LogP) is 1.50. The number of nitrogens with zero attached hydrogens (tertiary/aromatic N) is 4. The molecule has 0 bridgehead atoms. The smallest absolute Gasteiger partial charge is 0.274 e. The van der Waals surface area contributed by atoms with Gasteiger partial charge in [0.05, 0.1) is 19.9 Å². The molecule has 1 fully saturated rings. The first kappa shape index (κ1) is 17.9. The van der Waals surface area contributed by atoms with Gasteiger partial charge in [0.25, 0.3) is 5.91 Å². The van der Waals surface area contributed by atoms with Crippen molar-refractivity contribution in [3.63, 3.8) is 0 Å². The molecule has 0 radical (unpaired) electrons. The Bertz CT molecular complexity index is 775. The number of rotatable bonds is 5. The largest absolute Gasteiger partial charge is 0.497 e. The van der Waals surface area contributed by atoms with Gasteiger partial charge in [-0.2, -0.15) is 0 Å². The van der Waals surface area contributed by atoms with Gasteiger partial charge in [0.2, 0.25) is 0 Å². The van der Waals surface area contributed by atoms with Crippen LogP contribution in [0.2, 0.25) is 0 Å². The lowest BCUT2D eigenvalue weighted by Crippen LogP contribution is -2.44. The number of piperazine rings is 1. The molecule has 138 valence electrons. The third-order valence-electron chi connectivity index (χ3n) is 4.37. The number of carbonyl (C=O) groups excluding carboxylic acids is 1. The molecule has 0 aliphatic carbocycles. The number of ether oxygens (including phenoxy) is 2. The number of nitrogens with one attached hydrogen (secondary N) is 1. The monoisotopic (exact) mass is 357 g/mol. The van der Waals surface area contributed by atoms with Crippen molar-refractivity contribution < 1.29 is 14.3 Å². The van der Waals surface area contributed by atoms with E-state index in [4.69, 9.17) is 9.47 Å². The normalized spacial score (nSPS) is 14.8. The summed E-state index contributed by atoms with van der Waals surface area (Å²) in [5, 5.41) is 2.83. The van der Waals surface area contributed by atoms with E-state index in [1.165, 1.54) is 6.33 Å². The first-order chi connectivity index (χ1) is 12.6. The summed E-state index contributed by atoms with van der Waals surface area (Å²) < 4.78 is 10.5. The van der Waals surface area contributed by atoms with Crippen molar-refractivity contribution in [2.45, 2.75) is 0 Å². The molecule has 1 amide bonds. The highest BCUT2D eigenvalue weighted by atomic mass is 16.5. The van der Waals surface area contributed by atoms with Gasteiger partial charge in [0.1, 0.15) is 29.3 Å². The van der Waals surface area contributed by atoms with E-state index in [2.05, 4.69) is 32.1 Å². The zero-order chi connectivity index (χ0) is 18.5. The number of hydrogen-bond donors (Lipinski definition) is 1. The minimum absolute atomic E-state index is 0.312. The number of benzene rings is 1. The Balaban J connectivity index is 1.75. The highest BCUT2D eigenvalue weighted by molar-refractivity contribution is 6.04. The molecule has 1 aliphatic heterocycles. The molecule has 1 aromatic carbocycles. The van der Waals surface area contributed by atoms with Crippen LogP contribution in [0, 0.1) is 0 Å². The Kier molecular flexibility index (Phi) is 5.52. The van der Waals surface area contributed by atoms with Gasteiger partial charge in [-0.1, -0.05) is 0 Å². The average Bonchev–Trinajstić information content (AvgIpc) is 2.69. The van der Waals surface area contributed by atoms with Crippen LogP contribution in [0.1, 0.15) is 10.5 Å². The van der Waals surface area contributed by atoms with Gasteiger partial charge in [0, 0.05) is 38.3 Å². The number of hydrogen-bond acceptors (Lipinski definition) is 7. The second-order valence-corrected chi connectivity index (χ2v) is 6.07. The van der Waals surface area contributed by atoms with Crippen LogP contribution in [0.15, 0.2) is 30.6 Å². The number of anilines is 2. The molecule has 0 spiro atoms. The van der Waals surface area contributed by atoms with Crippen molar-refractivity contribution in [3.8, 4) is 11.5 Å². The number of aromatic nitrogens is 2. The van der Waals surface area contributed by atoms with E-state index in [0.29, 0.717) is 22.9 Å². The number of methoxy groups -OCH3 is 2. The molecule has 1 aliphatic rings. The molecular formula is C18H23N5O3. The van der Waals surface area contributed by atoms with E-state index in [1.807, 2.05) is 0 Å². The molecule has 2 aromatic rings. The van der Waals surface area contributed by atoms with E-state index < -0.39 is 0 Å². The summed E-state index contributed by atoms with van der Waals surface area (Å²) in [5.74, 6) is 1.62. The third-order valence-corrected chi connectivity index (χ3v) is 4.37. The zero-order valence-corrected chi connectivity index (χ0v) is 15.2. The maximum absolute atomic E-state index is 12.6. The Morgan fingerprint density at radius 3 is 2.54 bits per heavy atom. The maximum atomic E-state index is 12.6. The molecule has 1 saturated heterocycles. The fourth-order valence-electron chi connectivity index (χ4n) is 2.77. The Hall–Kier alpha value is -2.87.